The molecule has 0 spiro atoms. The van der Waals surface area contributed by atoms with E-state index in [-0.39, 0.29) is 18.3 Å². The molecule has 2 aliphatic heterocycles. The van der Waals surface area contributed by atoms with E-state index < -0.39 is 0 Å². The molecule has 2 heterocycles. The van der Waals surface area contributed by atoms with E-state index in [4.69, 9.17) is 19.5 Å². The van der Waals surface area contributed by atoms with Crippen LogP contribution in [0.5, 0.6) is 5.75 Å². The van der Waals surface area contributed by atoms with Crippen molar-refractivity contribution in [3.8, 4) is 11.8 Å². The Morgan fingerprint density at radius 2 is 1.92 bits per heavy atom. The van der Waals surface area contributed by atoms with Gasteiger partial charge in [0, 0.05) is 19.6 Å². The maximum Gasteiger partial charge on any atom is 0.409 e. The van der Waals surface area contributed by atoms with E-state index >= 15 is 0 Å². The summed E-state index contributed by atoms with van der Waals surface area (Å²) < 4.78 is 16.8. The van der Waals surface area contributed by atoms with E-state index in [0.717, 1.165) is 25.4 Å². The first kappa shape index (κ1) is 17.5. The Labute approximate surface area is 147 Å². The van der Waals surface area contributed by atoms with Crippen molar-refractivity contribution in [3.63, 3.8) is 0 Å². The highest BCUT2D eigenvalue weighted by atomic mass is 16.6. The number of fused-ring (bicyclic) bond motifs is 2. The van der Waals surface area contributed by atoms with E-state index in [1.165, 1.54) is 0 Å². The molecular formula is C18H23N3O4. The molecule has 2 fully saturated rings. The summed E-state index contributed by atoms with van der Waals surface area (Å²) in [5, 5.41) is 8.79. The summed E-state index contributed by atoms with van der Waals surface area (Å²) in [5.74, 6) is 0.765. The predicted molar refractivity (Wildman–Crippen MR) is 90.3 cm³/mol. The van der Waals surface area contributed by atoms with Crippen LogP contribution in [0.1, 0.15) is 12.5 Å². The molecule has 2 aliphatic rings. The second-order valence-electron chi connectivity index (χ2n) is 6.23. The molecule has 0 aromatic heterocycles. The van der Waals surface area contributed by atoms with Crippen LogP contribution in [0.3, 0.4) is 0 Å². The Hall–Kier alpha value is -2.30. The Morgan fingerprint density at radius 3 is 2.52 bits per heavy atom. The monoisotopic (exact) mass is 345 g/mol. The minimum atomic E-state index is -0.251. The van der Waals surface area contributed by atoms with Gasteiger partial charge in [0.05, 0.1) is 43.5 Å². The van der Waals surface area contributed by atoms with E-state index in [1.54, 1.807) is 17.0 Å². The Bertz CT molecular complexity index is 614. The van der Waals surface area contributed by atoms with E-state index in [9.17, 15) is 4.79 Å². The van der Waals surface area contributed by atoms with Gasteiger partial charge in [0.2, 0.25) is 0 Å². The summed E-state index contributed by atoms with van der Waals surface area (Å²) in [4.78, 5) is 15.9. The van der Waals surface area contributed by atoms with Gasteiger partial charge in [0.1, 0.15) is 12.4 Å². The summed E-state index contributed by atoms with van der Waals surface area (Å²) in [6.45, 7) is 6.29. The number of nitrogens with zero attached hydrogens (tertiary/aromatic N) is 3. The van der Waals surface area contributed by atoms with Crippen molar-refractivity contribution in [2.24, 2.45) is 0 Å². The summed E-state index contributed by atoms with van der Waals surface area (Å²) in [6, 6.07) is 9.20. The van der Waals surface area contributed by atoms with Gasteiger partial charge < -0.3 is 19.1 Å². The largest absolute Gasteiger partial charge is 0.492 e. The molecule has 2 bridgehead atoms. The van der Waals surface area contributed by atoms with Crippen LogP contribution >= 0.6 is 0 Å². The first-order valence-corrected chi connectivity index (χ1v) is 8.60. The smallest absolute Gasteiger partial charge is 0.409 e. The standard InChI is InChI=1S/C18H23N3O4/c1-2-23-18(22)21-12-16-10-20(11-17(13-21)25-16)7-8-24-15-5-3-14(9-19)4-6-15/h3-6,16-17H,2,7-8,10-13H2,1H3. The number of rotatable bonds is 5. The van der Waals surface area contributed by atoms with Gasteiger partial charge >= 0.3 is 6.09 Å². The van der Waals surface area contributed by atoms with Gasteiger partial charge in [0.15, 0.2) is 0 Å². The average Bonchev–Trinajstić information content (AvgIpc) is 2.62. The van der Waals surface area contributed by atoms with Crippen molar-refractivity contribution in [1.29, 1.82) is 5.26 Å². The van der Waals surface area contributed by atoms with Gasteiger partial charge in [0.25, 0.3) is 0 Å². The van der Waals surface area contributed by atoms with Crippen molar-refractivity contribution in [2.75, 3.05) is 45.9 Å². The molecule has 2 saturated heterocycles. The number of hydrogen-bond donors (Lipinski definition) is 0. The highest BCUT2D eigenvalue weighted by molar-refractivity contribution is 5.67. The average molecular weight is 345 g/mol. The molecule has 134 valence electrons. The Morgan fingerprint density at radius 1 is 1.24 bits per heavy atom. The lowest BCUT2D eigenvalue weighted by molar-refractivity contribution is -0.134. The first-order chi connectivity index (χ1) is 12.2. The summed E-state index contributed by atoms with van der Waals surface area (Å²) in [6.07, 6.45) is -0.211. The van der Waals surface area contributed by atoms with Crippen LogP contribution in [0.4, 0.5) is 4.79 Å². The number of morpholine rings is 2. The fraction of sp³-hybridized carbons (Fsp3) is 0.556. The zero-order valence-electron chi connectivity index (χ0n) is 14.4. The summed E-state index contributed by atoms with van der Waals surface area (Å²) in [7, 11) is 0. The van der Waals surface area contributed by atoms with Gasteiger partial charge in [-0.15, -0.1) is 0 Å². The number of carbonyl (C=O) groups is 1. The summed E-state index contributed by atoms with van der Waals surface area (Å²) in [5.41, 5.74) is 0.625. The molecule has 1 aromatic rings. The molecule has 0 N–H and O–H groups in total. The molecule has 2 unspecified atom stereocenters. The van der Waals surface area contributed by atoms with Gasteiger partial charge in [-0.25, -0.2) is 4.79 Å². The van der Waals surface area contributed by atoms with Crippen LogP contribution < -0.4 is 4.74 Å². The Balaban J connectivity index is 1.44. The van der Waals surface area contributed by atoms with Crippen molar-refractivity contribution < 1.29 is 19.0 Å². The van der Waals surface area contributed by atoms with Crippen molar-refractivity contribution in [3.05, 3.63) is 29.8 Å². The molecular weight excluding hydrogens is 322 g/mol. The minimum Gasteiger partial charge on any atom is -0.492 e. The second kappa shape index (κ2) is 8.19. The Kier molecular flexibility index (Phi) is 5.74. The SMILES string of the molecule is CCOC(=O)N1CC2CN(CCOc3ccc(C#N)cc3)CC(C1)O2. The van der Waals surface area contributed by atoms with Crippen LogP contribution in [0.2, 0.25) is 0 Å². The number of ether oxygens (including phenoxy) is 3. The van der Waals surface area contributed by atoms with Crippen molar-refractivity contribution in [2.45, 2.75) is 19.1 Å². The third kappa shape index (κ3) is 4.62. The topological polar surface area (TPSA) is 75.0 Å². The summed E-state index contributed by atoms with van der Waals surface area (Å²) >= 11 is 0. The highest BCUT2D eigenvalue weighted by Crippen LogP contribution is 2.20. The minimum absolute atomic E-state index is 0.0202. The number of hydrogen-bond acceptors (Lipinski definition) is 6. The van der Waals surface area contributed by atoms with Crippen LogP contribution in [-0.4, -0.2) is 74.0 Å². The molecule has 3 rings (SSSR count). The molecule has 25 heavy (non-hydrogen) atoms. The zero-order valence-corrected chi connectivity index (χ0v) is 14.4. The number of carbonyl (C=O) groups excluding carboxylic acids is 1. The molecule has 0 radical (unpaired) electrons. The fourth-order valence-corrected chi connectivity index (χ4v) is 3.24. The molecule has 1 aromatic carbocycles. The molecule has 7 nitrogen and oxygen atoms in total. The third-order valence-corrected chi connectivity index (χ3v) is 4.34. The maximum atomic E-state index is 11.9. The van der Waals surface area contributed by atoms with Crippen LogP contribution in [0, 0.1) is 11.3 Å². The highest BCUT2D eigenvalue weighted by Gasteiger charge is 2.37. The van der Waals surface area contributed by atoms with E-state index in [1.807, 2.05) is 19.1 Å². The van der Waals surface area contributed by atoms with E-state index in [0.29, 0.717) is 31.9 Å². The van der Waals surface area contributed by atoms with Crippen LogP contribution in [0.25, 0.3) is 0 Å². The van der Waals surface area contributed by atoms with Crippen molar-refractivity contribution >= 4 is 6.09 Å². The number of benzene rings is 1. The molecule has 1 amide bonds. The molecule has 2 atom stereocenters. The zero-order chi connectivity index (χ0) is 17.6. The second-order valence-corrected chi connectivity index (χ2v) is 6.23. The predicted octanol–water partition coefficient (Wildman–Crippen LogP) is 1.48. The van der Waals surface area contributed by atoms with Crippen LogP contribution in [0.15, 0.2) is 24.3 Å². The quantitative estimate of drug-likeness (QED) is 0.805. The molecule has 7 heteroatoms. The normalized spacial score (nSPS) is 23.0. The fourth-order valence-electron chi connectivity index (χ4n) is 3.24. The first-order valence-electron chi connectivity index (χ1n) is 8.60. The number of nitriles is 1. The van der Waals surface area contributed by atoms with Gasteiger partial charge in [-0.3, -0.25) is 4.90 Å². The van der Waals surface area contributed by atoms with Crippen LogP contribution in [-0.2, 0) is 9.47 Å². The van der Waals surface area contributed by atoms with Gasteiger partial charge in [-0.1, -0.05) is 0 Å². The molecule has 0 saturated carbocycles. The van der Waals surface area contributed by atoms with E-state index in [2.05, 4.69) is 11.0 Å². The molecule has 0 aliphatic carbocycles. The number of amides is 1. The lowest BCUT2D eigenvalue weighted by atomic mass is 10.1. The van der Waals surface area contributed by atoms with Gasteiger partial charge in [-0.2, -0.15) is 5.26 Å². The van der Waals surface area contributed by atoms with Gasteiger partial charge in [-0.05, 0) is 31.2 Å². The lowest BCUT2D eigenvalue weighted by Gasteiger charge is -2.45. The lowest BCUT2D eigenvalue weighted by Crippen LogP contribution is -2.60. The van der Waals surface area contributed by atoms with Crippen molar-refractivity contribution in [1.82, 2.24) is 9.80 Å². The maximum absolute atomic E-state index is 11.9. The third-order valence-electron chi connectivity index (χ3n) is 4.34.